The van der Waals surface area contributed by atoms with Crippen LogP contribution in [0.15, 0.2) is 18.2 Å². The fourth-order valence-corrected chi connectivity index (χ4v) is 2.80. The number of benzene rings is 1. The largest absolute Gasteiger partial charge is 0.496 e. The SMILES string of the molecule is COc1ccc(CN)cc1CN1CCC(CCO)C1. The number of rotatable bonds is 6. The van der Waals surface area contributed by atoms with E-state index in [9.17, 15) is 0 Å². The third-order valence-electron chi connectivity index (χ3n) is 3.88. The van der Waals surface area contributed by atoms with Crippen molar-refractivity contribution >= 4 is 0 Å². The van der Waals surface area contributed by atoms with E-state index in [1.165, 1.54) is 12.0 Å². The summed E-state index contributed by atoms with van der Waals surface area (Å²) in [6, 6.07) is 6.15. The van der Waals surface area contributed by atoms with Crippen molar-refractivity contribution < 1.29 is 9.84 Å². The fourth-order valence-electron chi connectivity index (χ4n) is 2.80. The first kappa shape index (κ1) is 14.3. The Morgan fingerprint density at radius 3 is 3.00 bits per heavy atom. The Labute approximate surface area is 115 Å². The summed E-state index contributed by atoms with van der Waals surface area (Å²) < 4.78 is 5.42. The first-order chi connectivity index (χ1) is 9.26. The molecule has 0 amide bonds. The van der Waals surface area contributed by atoms with Crippen molar-refractivity contribution in [1.29, 1.82) is 0 Å². The van der Waals surface area contributed by atoms with E-state index in [0.29, 0.717) is 19.1 Å². The van der Waals surface area contributed by atoms with Gasteiger partial charge in [-0.1, -0.05) is 6.07 Å². The second-order valence-corrected chi connectivity index (χ2v) is 5.25. The van der Waals surface area contributed by atoms with Gasteiger partial charge < -0.3 is 15.6 Å². The van der Waals surface area contributed by atoms with Crippen molar-refractivity contribution in [2.24, 2.45) is 11.7 Å². The molecule has 0 aliphatic carbocycles. The molecule has 1 aromatic rings. The minimum atomic E-state index is 0.296. The molecular formula is C15H24N2O2. The van der Waals surface area contributed by atoms with Gasteiger partial charge in [0.25, 0.3) is 0 Å². The first-order valence-electron chi connectivity index (χ1n) is 6.96. The van der Waals surface area contributed by atoms with Gasteiger partial charge in [-0.05, 0) is 43.0 Å². The molecule has 4 heteroatoms. The Morgan fingerprint density at radius 2 is 2.32 bits per heavy atom. The van der Waals surface area contributed by atoms with Gasteiger partial charge in [0.15, 0.2) is 0 Å². The van der Waals surface area contributed by atoms with Crippen molar-refractivity contribution in [3.05, 3.63) is 29.3 Å². The molecule has 0 saturated carbocycles. The highest BCUT2D eigenvalue weighted by Gasteiger charge is 2.22. The Kier molecular flexibility index (Phi) is 5.19. The molecule has 1 heterocycles. The van der Waals surface area contributed by atoms with Crippen LogP contribution in [0, 0.1) is 5.92 Å². The normalized spacial score (nSPS) is 19.8. The first-order valence-corrected chi connectivity index (χ1v) is 6.96. The predicted molar refractivity (Wildman–Crippen MR) is 76.0 cm³/mol. The van der Waals surface area contributed by atoms with Crippen molar-refractivity contribution in [3.8, 4) is 5.75 Å². The quantitative estimate of drug-likeness (QED) is 0.814. The average Bonchev–Trinajstić information content (AvgIpc) is 2.86. The number of hydrogen-bond acceptors (Lipinski definition) is 4. The Balaban J connectivity index is 2.02. The lowest BCUT2D eigenvalue weighted by atomic mass is 10.1. The summed E-state index contributed by atoms with van der Waals surface area (Å²) in [5, 5.41) is 9.00. The molecule has 106 valence electrons. The fraction of sp³-hybridized carbons (Fsp3) is 0.600. The lowest BCUT2D eigenvalue weighted by molar-refractivity contribution is 0.248. The van der Waals surface area contributed by atoms with Gasteiger partial charge in [-0.25, -0.2) is 0 Å². The molecule has 0 radical (unpaired) electrons. The molecule has 1 unspecified atom stereocenters. The number of nitrogens with zero attached hydrogens (tertiary/aromatic N) is 1. The van der Waals surface area contributed by atoms with Crippen LogP contribution < -0.4 is 10.5 Å². The summed E-state index contributed by atoms with van der Waals surface area (Å²) in [7, 11) is 1.71. The summed E-state index contributed by atoms with van der Waals surface area (Å²) in [6.07, 6.45) is 2.09. The molecule has 1 aliphatic heterocycles. The number of hydrogen-bond donors (Lipinski definition) is 2. The molecule has 1 fully saturated rings. The van der Waals surface area contributed by atoms with Gasteiger partial charge >= 0.3 is 0 Å². The van der Waals surface area contributed by atoms with Gasteiger partial charge in [0.05, 0.1) is 7.11 Å². The second-order valence-electron chi connectivity index (χ2n) is 5.25. The highest BCUT2D eigenvalue weighted by molar-refractivity contribution is 5.37. The maximum Gasteiger partial charge on any atom is 0.123 e. The van der Waals surface area contributed by atoms with Crippen LogP contribution in [-0.4, -0.2) is 36.8 Å². The van der Waals surface area contributed by atoms with E-state index >= 15 is 0 Å². The molecule has 3 N–H and O–H groups in total. The second kappa shape index (κ2) is 6.89. The smallest absolute Gasteiger partial charge is 0.123 e. The van der Waals surface area contributed by atoms with Crippen molar-refractivity contribution in [2.45, 2.75) is 25.9 Å². The van der Waals surface area contributed by atoms with Crippen molar-refractivity contribution in [3.63, 3.8) is 0 Å². The molecule has 0 spiro atoms. The number of nitrogens with two attached hydrogens (primary N) is 1. The topological polar surface area (TPSA) is 58.7 Å². The summed E-state index contributed by atoms with van der Waals surface area (Å²) in [5.74, 6) is 1.57. The summed E-state index contributed by atoms with van der Waals surface area (Å²) in [4.78, 5) is 2.43. The molecule has 0 bridgehead atoms. The van der Waals surface area contributed by atoms with E-state index in [4.69, 9.17) is 15.6 Å². The molecule has 2 rings (SSSR count). The van der Waals surface area contributed by atoms with Crippen LogP contribution in [0.25, 0.3) is 0 Å². The van der Waals surface area contributed by atoms with Gasteiger partial charge in [0.1, 0.15) is 5.75 Å². The lowest BCUT2D eigenvalue weighted by Crippen LogP contribution is -2.21. The highest BCUT2D eigenvalue weighted by Crippen LogP contribution is 2.26. The van der Waals surface area contributed by atoms with E-state index in [0.717, 1.165) is 37.4 Å². The minimum Gasteiger partial charge on any atom is -0.496 e. The third kappa shape index (κ3) is 3.69. The standard InChI is InChI=1S/C15H24N2O2/c1-19-15-3-2-13(9-16)8-14(15)11-17-6-4-12(10-17)5-7-18/h2-3,8,12,18H,4-7,9-11,16H2,1H3. The molecule has 1 saturated heterocycles. The van der Waals surface area contributed by atoms with Gasteiger partial charge in [0, 0.05) is 31.8 Å². The van der Waals surface area contributed by atoms with E-state index in [1.54, 1.807) is 7.11 Å². The molecule has 1 atom stereocenters. The van der Waals surface area contributed by atoms with Crippen molar-refractivity contribution in [2.75, 3.05) is 26.8 Å². The highest BCUT2D eigenvalue weighted by atomic mass is 16.5. The van der Waals surface area contributed by atoms with Crippen LogP contribution in [0.5, 0.6) is 5.75 Å². The summed E-state index contributed by atoms with van der Waals surface area (Å²) >= 11 is 0. The average molecular weight is 264 g/mol. The summed E-state index contributed by atoms with van der Waals surface area (Å²) in [5.41, 5.74) is 8.04. The van der Waals surface area contributed by atoms with Crippen molar-refractivity contribution in [1.82, 2.24) is 4.90 Å². The molecule has 4 nitrogen and oxygen atoms in total. The number of methoxy groups -OCH3 is 1. The zero-order valence-electron chi connectivity index (χ0n) is 11.6. The van der Waals surface area contributed by atoms with E-state index in [2.05, 4.69) is 11.0 Å². The Bertz CT molecular complexity index is 409. The van der Waals surface area contributed by atoms with Gasteiger partial charge in [0.2, 0.25) is 0 Å². The van der Waals surface area contributed by atoms with Crippen LogP contribution in [0.4, 0.5) is 0 Å². The molecule has 1 aromatic carbocycles. The van der Waals surface area contributed by atoms with Gasteiger partial charge in [-0.3, -0.25) is 4.90 Å². The Hall–Kier alpha value is -1.10. The van der Waals surface area contributed by atoms with Gasteiger partial charge in [-0.15, -0.1) is 0 Å². The number of ether oxygens (including phenoxy) is 1. The Morgan fingerprint density at radius 1 is 1.47 bits per heavy atom. The molecule has 0 aromatic heterocycles. The van der Waals surface area contributed by atoms with Crippen LogP contribution >= 0.6 is 0 Å². The summed E-state index contributed by atoms with van der Waals surface area (Å²) in [6.45, 7) is 3.92. The number of aliphatic hydroxyl groups is 1. The molecular weight excluding hydrogens is 240 g/mol. The third-order valence-corrected chi connectivity index (χ3v) is 3.88. The lowest BCUT2D eigenvalue weighted by Gasteiger charge is -2.18. The van der Waals surface area contributed by atoms with Crippen LogP contribution in [0.1, 0.15) is 24.0 Å². The van der Waals surface area contributed by atoms with Gasteiger partial charge in [-0.2, -0.15) is 0 Å². The molecule has 19 heavy (non-hydrogen) atoms. The number of aliphatic hydroxyl groups excluding tert-OH is 1. The van der Waals surface area contributed by atoms with E-state index in [-0.39, 0.29) is 0 Å². The zero-order valence-corrected chi connectivity index (χ0v) is 11.6. The van der Waals surface area contributed by atoms with Crippen LogP contribution in [0.3, 0.4) is 0 Å². The minimum absolute atomic E-state index is 0.296. The van der Waals surface area contributed by atoms with E-state index in [1.807, 2.05) is 12.1 Å². The maximum atomic E-state index is 9.00. The predicted octanol–water partition coefficient (Wildman–Crippen LogP) is 1.36. The monoisotopic (exact) mass is 264 g/mol. The number of likely N-dealkylation sites (tertiary alicyclic amines) is 1. The van der Waals surface area contributed by atoms with Crippen LogP contribution in [-0.2, 0) is 13.1 Å². The maximum absolute atomic E-state index is 9.00. The zero-order chi connectivity index (χ0) is 13.7. The van der Waals surface area contributed by atoms with E-state index < -0.39 is 0 Å². The van der Waals surface area contributed by atoms with Crippen LogP contribution in [0.2, 0.25) is 0 Å². The molecule has 1 aliphatic rings.